The zero-order chi connectivity index (χ0) is 21.8. The third kappa shape index (κ3) is 4.60. The van der Waals surface area contributed by atoms with Gasteiger partial charge in [-0.15, -0.1) is 0 Å². The van der Waals surface area contributed by atoms with Crippen LogP contribution in [0.5, 0.6) is 0 Å². The summed E-state index contributed by atoms with van der Waals surface area (Å²) in [6, 6.07) is 15.1. The van der Waals surface area contributed by atoms with E-state index in [1.54, 1.807) is 0 Å². The van der Waals surface area contributed by atoms with Gasteiger partial charge in [0, 0.05) is 24.4 Å². The molecule has 0 aromatic heterocycles. The lowest BCUT2D eigenvalue weighted by Crippen LogP contribution is -2.43. The van der Waals surface area contributed by atoms with E-state index in [2.05, 4.69) is 79.1 Å². The Morgan fingerprint density at radius 3 is 2.71 bits per heavy atom. The number of piperidine rings is 1. The Bertz CT molecular complexity index is 978. The number of allylic oxidation sites excluding steroid dienone is 1. The number of hydrogen-bond donors (Lipinski definition) is 1. The second-order valence-corrected chi connectivity index (χ2v) is 8.74. The first-order valence-corrected chi connectivity index (χ1v) is 11.7. The van der Waals surface area contributed by atoms with Crippen LogP contribution < -0.4 is 0 Å². The summed E-state index contributed by atoms with van der Waals surface area (Å²) in [7, 11) is 0. The van der Waals surface area contributed by atoms with Crippen LogP contribution in [0.3, 0.4) is 0 Å². The first-order chi connectivity index (χ1) is 15.1. The Morgan fingerprint density at radius 2 is 1.97 bits per heavy atom. The van der Waals surface area contributed by atoms with Crippen molar-refractivity contribution in [3.8, 4) is 11.1 Å². The molecule has 164 valence electrons. The highest BCUT2D eigenvalue weighted by molar-refractivity contribution is 5.99. The normalized spacial score (nSPS) is 20.6. The fraction of sp³-hybridized carbons (Fsp3) is 0.444. The molecule has 0 bridgehead atoms. The Hall–Kier alpha value is -2.43. The minimum atomic E-state index is -0.0374. The first-order valence-electron chi connectivity index (χ1n) is 11.7. The maximum Gasteiger partial charge on any atom is 0.135 e. The number of aryl methyl sites for hydroxylation is 1. The summed E-state index contributed by atoms with van der Waals surface area (Å²) in [5.41, 5.74) is 7.07. The third-order valence-corrected chi connectivity index (χ3v) is 6.61. The number of aliphatic hydroxyl groups is 1. The fourth-order valence-corrected chi connectivity index (χ4v) is 4.97. The summed E-state index contributed by atoms with van der Waals surface area (Å²) in [4.78, 5) is 9.71. The van der Waals surface area contributed by atoms with Crippen LogP contribution in [-0.2, 0) is 0 Å². The first kappa shape index (κ1) is 21.8. The molecule has 1 N–H and O–H groups in total. The second kappa shape index (κ2) is 9.80. The number of aliphatic imine (C=N–C) groups is 1. The Morgan fingerprint density at radius 1 is 1.13 bits per heavy atom. The van der Waals surface area contributed by atoms with Crippen LogP contribution in [0.25, 0.3) is 16.8 Å². The summed E-state index contributed by atoms with van der Waals surface area (Å²) in [6.07, 6.45) is 5.73. The smallest absolute Gasteiger partial charge is 0.135 e. The van der Waals surface area contributed by atoms with Crippen LogP contribution in [0, 0.1) is 12.8 Å². The van der Waals surface area contributed by atoms with E-state index < -0.39 is 0 Å². The maximum atomic E-state index is 10.2. The van der Waals surface area contributed by atoms with Crippen LogP contribution in [0.4, 0.5) is 5.69 Å². The fourth-order valence-electron chi connectivity index (χ4n) is 4.97. The van der Waals surface area contributed by atoms with Crippen molar-refractivity contribution in [1.82, 2.24) is 9.80 Å². The van der Waals surface area contributed by atoms with Crippen LogP contribution in [0.2, 0.25) is 0 Å². The second-order valence-electron chi connectivity index (χ2n) is 8.74. The average molecular weight is 418 g/mol. The van der Waals surface area contributed by atoms with Crippen molar-refractivity contribution in [1.29, 1.82) is 0 Å². The summed E-state index contributed by atoms with van der Waals surface area (Å²) in [6.45, 7) is 10.9. The zero-order valence-electron chi connectivity index (χ0n) is 19.1. The molecule has 2 aliphatic rings. The van der Waals surface area contributed by atoms with Gasteiger partial charge in [0.1, 0.15) is 12.4 Å². The van der Waals surface area contributed by atoms with Gasteiger partial charge < -0.3 is 14.9 Å². The van der Waals surface area contributed by atoms with Crippen molar-refractivity contribution in [3.05, 3.63) is 59.7 Å². The summed E-state index contributed by atoms with van der Waals surface area (Å²) in [5, 5.41) is 10.2. The quantitative estimate of drug-likeness (QED) is 0.676. The minimum absolute atomic E-state index is 0.0374. The van der Waals surface area contributed by atoms with Crippen LogP contribution >= 0.6 is 0 Å². The monoisotopic (exact) mass is 417 g/mol. The lowest BCUT2D eigenvalue weighted by molar-refractivity contribution is 0.170. The highest BCUT2D eigenvalue weighted by Gasteiger charge is 2.29. The molecule has 4 nitrogen and oxygen atoms in total. The van der Waals surface area contributed by atoms with Gasteiger partial charge in [0.15, 0.2) is 0 Å². The van der Waals surface area contributed by atoms with Gasteiger partial charge in [0.2, 0.25) is 0 Å². The summed E-state index contributed by atoms with van der Waals surface area (Å²) in [5.74, 6) is 1.36. The van der Waals surface area contributed by atoms with Crippen molar-refractivity contribution in [2.24, 2.45) is 10.9 Å². The lowest BCUT2D eigenvalue weighted by Gasteiger charge is -2.39. The molecule has 0 amide bonds. The molecule has 1 unspecified atom stereocenters. The topological polar surface area (TPSA) is 39.1 Å². The molecule has 2 aliphatic heterocycles. The molecular formula is C27H35N3O. The molecule has 0 radical (unpaired) electrons. The highest BCUT2D eigenvalue weighted by Crippen LogP contribution is 2.38. The van der Waals surface area contributed by atoms with Gasteiger partial charge in [-0.25, -0.2) is 4.99 Å². The third-order valence-electron chi connectivity index (χ3n) is 6.61. The van der Waals surface area contributed by atoms with Gasteiger partial charge in [-0.3, -0.25) is 0 Å². The van der Waals surface area contributed by atoms with Gasteiger partial charge in [0.25, 0.3) is 0 Å². The molecule has 31 heavy (non-hydrogen) atoms. The molecule has 1 atom stereocenters. The maximum absolute atomic E-state index is 10.2. The molecule has 0 saturated carbocycles. The molecule has 2 aromatic rings. The average Bonchev–Trinajstić information content (AvgIpc) is 2.80. The summed E-state index contributed by atoms with van der Waals surface area (Å²) >= 11 is 0. The number of nitrogens with zero attached hydrogens (tertiary/aromatic N) is 3. The van der Waals surface area contributed by atoms with E-state index in [9.17, 15) is 5.11 Å². The van der Waals surface area contributed by atoms with Gasteiger partial charge >= 0.3 is 0 Å². The molecule has 2 aromatic carbocycles. The number of rotatable bonds is 6. The van der Waals surface area contributed by atoms with Crippen molar-refractivity contribution >= 4 is 17.2 Å². The van der Waals surface area contributed by atoms with Crippen LogP contribution in [-0.4, -0.2) is 53.5 Å². The molecule has 2 heterocycles. The molecule has 4 heteroatoms. The number of aliphatic hydroxyl groups excluding tert-OH is 1. The van der Waals surface area contributed by atoms with E-state index >= 15 is 0 Å². The van der Waals surface area contributed by atoms with Gasteiger partial charge in [-0.2, -0.15) is 0 Å². The largest absolute Gasteiger partial charge is 0.388 e. The van der Waals surface area contributed by atoms with Crippen molar-refractivity contribution < 1.29 is 5.11 Å². The number of likely N-dealkylation sites (tertiary alicyclic amines) is 1. The standard InChI is InChI=1S/C27H35N3O/c1-4-9-26-24-16-22(23-12-7-6-10-20(23)3)13-14-25(24)28-27(19-31)30(26)18-21-11-8-15-29(5-2)17-21/h6-7,9-10,12-14,16,21,31H,4-5,8,11,15,17-19H2,1-3H3/b26-9-. The van der Waals surface area contributed by atoms with E-state index in [-0.39, 0.29) is 6.61 Å². The molecule has 1 saturated heterocycles. The predicted molar refractivity (Wildman–Crippen MR) is 131 cm³/mol. The van der Waals surface area contributed by atoms with Crippen LogP contribution in [0.1, 0.15) is 44.2 Å². The van der Waals surface area contributed by atoms with Gasteiger partial charge in [0.05, 0.1) is 5.69 Å². The summed E-state index contributed by atoms with van der Waals surface area (Å²) < 4.78 is 0. The SMILES string of the molecule is CC/C=C1/c2cc(-c3ccccc3C)ccc2N=C(CO)N1CC1CCCN(CC)C1. The van der Waals surface area contributed by atoms with E-state index in [4.69, 9.17) is 4.99 Å². The minimum Gasteiger partial charge on any atom is -0.388 e. The number of amidine groups is 1. The highest BCUT2D eigenvalue weighted by atomic mass is 16.3. The zero-order valence-corrected chi connectivity index (χ0v) is 19.1. The number of fused-ring (bicyclic) bond motifs is 1. The Balaban J connectivity index is 1.72. The van der Waals surface area contributed by atoms with Gasteiger partial charge in [-0.1, -0.05) is 50.3 Å². The van der Waals surface area contributed by atoms with E-state index in [1.807, 2.05) is 0 Å². The van der Waals surface area contributed by atoms with Crippen molar-refractivity contribution in [2.45, 2.75) is 40.0 Å². The van der Waals surface area contributed by atoms with Crippen molar-refractivity contribution in [3.63, 3.8) is 0 Å². The van der Waals surface area contributed by atoms with E-state index in [0.717, 1.165) is 37.6 Å². The molecule has 4 rings (SSSR count). The Kier molecular flexibility index (Phi) is 6.89. The molecule has 0 spiro atoms. The number of benzene rings is 2. The molecule has 1 fully saturated rings. The Labute approximate surface area is 186 Å². The van der Waals surface area contributed by atoms with Crippen LogP contribution in [0.15, 0.2) is 53.5 Å². The molecular weight excluding hydrogens is 382 g/mol. The van der Waals surface area contributed by atoms with E-state index in [1.165, 1.54) is 47.3 Å². The molecule has 0 aliphatic carbocycles. The van der Waals surface area contributed by atoms with Crippen molar-refractivity contribution in [2.75, 3.05) is 32.8 Å². The lowest BCUT2D eigenvalue weighted by atomic mass is 9.93. The number of hydrogen-bond acceptors (Lipinski definition) is 4. The van der Waals surface area contributed by atoms with E-state index in [0.29, 0.717) is 5.92 Å². The predicted octanol–water partition coefficient (Wildman–Crippen LogP) is 5.48. The van der Waals surface area contributed by atoms with Gasteiger partial charge in [-0.05, 0) is 74.0 Å².